The molecule has 3 aromatic rings. The summed E-state index contributed by atoms with van der Waals surface area (Å²) in [5.41, 5.74) is 1.18. The van der Waals surface area contributed by atoms with Crippen LogP contribution in [0.15, 0.2) is 60.3 Å². The Morgan fingerprint density at radius 3 is 2.68 bits per heavy atom. The molecule has 0 aliphatic heterocycles. The van der Waals surface area contributed by atoms with Crippen LogP contribution in [-0.2, 0) is 20.9 Å². The molecule has 0 unspecified atom stereocenters. The summed E-state index contributed by atoms with van der Waals surface area (Å²) in [7, 11) is 1.55. The van der Waals surface area contributed by atoms with Gasteiger partial charge in [0.1, 0.15) is 24.0 Å². The number of carbonyl (C=O) groups is 2. The second kappa shape index (κ2) is 10.2. The second-order valence-corrected chi connectivity index (χ2v) is 6.68. The van der Waals surface area contributed by atoms with Gasteiger partial charge in [0.25, 0.3) is 5.91 Å². The zero-order valence-corrected chi connectivity index (χ0v) is 16.9. The highest BCUT2D eigenvalue weighted by molar-refractivity contribution is 6.10. The van der Waals surface area contributed by atoms with Gasteiger partial charge in [0.05, 0.1) is 12.3 Å². The van der Waals surface area contributed by atoms with Gasteiger partial charge in [-0.25, -0.2) is 4.39 Å². The number of nitrogens with one attached hydrogen (secondary N) is 2. The maximum atomic E-state index is 13.8. The normalized spacial score (nSPS) is 11.2. The second-order valence-electron chi connectivity index (χ2n) is 6.68. The van der Waals surface area contributed by atoms with Crippen molar-refractivity contribution in [2.24, 2.45) is 0 Å². The minimum Gasteiger partial charge on any atom is -0.383 e. The van der Waals surface area contributed by atoms with Crippen molar-refractivity contribution in [2.45, 2.75) is 6.54 Å². The van der Waals surface area contributed by atoms with Crippen molar-refractivity contribution in [3.8, 4) is 6.07 Å². The van der Waals surface area contributed by atoms with E-state index >= 15 is 0 Å². The molecule has 0 spiro atoms. The number of amides is 2. The van der Waals surface area contributed by atoms with E-state index in [0.717, 1.165) is 10.9 Å². The fourth-order valence-electron chi connectivity index (χ4n) is 3.08. The molecule has 0 radical (unpaired) electrons. The molecule has 31 heavy (non-hydrogen) atoms. The van der Waals surface area contributed by atoms with Crippen molar-refractivity contribution in [3.05, 3.63) is 71.7 Å². The maximum absolute atomic E-state index is 13.8. The van der Waals surface area contributed by atoms with E-state index in [-0.39, 0.29) is 23.7 Å². The molecular formula is C23H21FN4O3. The molecule has 2 aromatic carbocycles. The van der Waals surface area contributed by atoms with Gasteiger partial charge in [0, 0.05) is 36.3 Å². The third kappa shape index (κ3) is 5.35. The Bertz CT molecular complexity index is 1180. The first-order valence-corrected chi connectivity index (χ1v) is 9.54. The zero-order chi connectivity index (χ0) is 22.2. The molecule has 0 fully saturated rings. The molecule has 1 aromatic heterocycles. The minimum absolute atomic E-state index is 0.0104. The summed E-state index contributed by atoms with van der Waals surface area (Å²) < 4.78 is 20.5. The lowest BCUT2D eigenvalue weighted by molar-refractivity contribution is -0.121. The standard InChI is InChI=1S/C23H21FN4O3/c1-31-11-10-26-22(29)15-28-14-17(18-6-2-5-9-21(18)28)12-16(13-25)23(30)27-20-8-4-3-7-19(20)24/h2-9,12,14H,10-11,15H2,1H3,(H,26,29)(H,27,30). The quantitative estimate of drug-likeness (QED) is 0.333. The lowest BCUT2D eigenvalue weighted by atomic mass is 10.1. The van der Waals surface area contributed by atoms with E-state index in [0.29, 0.717) is 18.7 Å². The molecule has 2 N–H and O–H groups in total. The number of hydrogen-bond acceptors (Lipinski definition) is 4. The first-order valence-electron chi connectivity index (χ1n) is 9.54. The molecule has 8 heteroatoms. The van der Waals surface area contributed by atoms with Crippen LogP contribution in [0.3, 0.4) is 0 Å². The Morgan fingerprint density at radius 1 is 1.19 bits per heavy atom. The number of ether oxygens (including phenoxy) is 1. The van der Waals surface area contributed by atoms with Gasteiger partial charge in [-0.2, -0.15) is 5.26 Å². The molecule has 0 saturated heterocycles. The van der Waals surface area contributed by atoms with Crippen LogP contribution in [-0.4, -0.2) is 36.6 Å². The van der Waals surface area contributed by atoms with Crippen LogP contribution in [0.2, 0.25) is 0 Å². The number of fused-ring (bicyclic) bond motifs is 1. The van der Waals surface area contributed by atoms with E-state index in [4.69, 9.17) is 4.74 Å². The van der Waals surface area contributed by atoms with E-state index in [2.05, 4.69) is 10.6 Å². The smallest absolute Gasteiger partial charge is 0.266 e. The number of halogens is 1. The van der Waals surface area contributed by atoms with Crippen molar-refractivity contribution in [1.29, 1.82) is 5.26 Å². The van der Waals surface area contributed by atoms with Crippen LogP contribution in [0.1, 0.15) is 5.56 Å². The number of aromatic nitrogens is 1. The summed E-state index contributed by atoms with van der Waals surface area (Å²) >= 11 is 0. The molecule has 2 amide bonds. The highest BCUT2D eigenvalue weighted by Crippen LogP contribution is 2.24. The maximum Gasteiger partial charge on any atom is 0.266 e. The summed E-state index contributed by atoms with van der Waals surface area (Å²) in [6, 6.07) is 14.9. The molecule has 0 aliphatic rings. The Hall–Kier alpha value is -3.96. The van der Waals surface area contributed by atoms with Gasteiger partial charge in [0.15, 0.2) is 0 Å². The number of nitriles is 1. The average molecular weight is 420 g/mol. The van der Waals surface area contributed by atoms with Crippen molar-refractivity contribution >= 4 is 34.5 Å². The van der Waals surface area contributed by atoms with Crippen LogP contribution in [0.4, 0.5) is 10.1 Å². The van der Waals surface area contributed by atoms with Gasteiger partial charge in [0.2, 0.25) is 5.91 Å². The SMILES string of the molecule is COCCNC(=O)Cn1cc(C=C(C#N)C(=O)Nc2ccccc2F)c2ccccc21. The van der Waals surface area contributed by atoms with Crippen molar-refractivity contribution < 1.29 is 18.7 Å². The monoisotopic (exact) mass is 420 g/mol. The van der Waals surface area contributed by atoms with Crippen molar-refractivity contribution in [1.82, 2.24) is 9.88 Å². The molecule has 0 aliphatic carbocycles. The average Bonchev–Trinajstić information content (AvgIpc) is 3.11. The third-order valence-corrected chi connectivity index (χ3v) is 4.55. The lowest BCUT2D eigenvalue weighted by Gasteiger charge is -2.06. The van der Waals surface area contributed by atoms with E-state index in [1.807, 2.05) is 30.3 Å². The predicted octanol–water partition coefficient (Wildman–Crippen LogP) is 3.09. The van der Waals surface area contributed by atoms with Gasteiger partial charge < -0.3 is 19.9 Å². The number of methoxy groups -OCH3 is 1. The molecular weight excluding hydrogens is 399 g/mol. The van der Waals surface area contributed by atoms with E-state index in [1.54, 1.807) is 23.9 Å². The van der Waals surface area contributed by atoms with E-state index in [1.165, 1.54) is 24.3 Å². The van der Waals surface area contributed by atoms with Crippen LogP contribution in [0.5, 0.6) is 0 Å². The number of nitrogens with zero attached hydrogens (tertiary/aromatic N) is 2. The molecule has 0 bridgehead atoms. The number of hydrogen-bond donors (Lipinski definition) is 2. The van der Waals surface area contributed by atoms with Crippen LogP contribution in [0, 0.1) is 17.1 Å². The van der Waals surface area contributed by atoms with Gasteiger partial charge in [-0.05, 0) is 24.3 Å². The number of rotatable bonds is 8. The van der Waals surface area contributed by atoms with Gasteiger partial charge in [-0.15, -0.1) is 0 Å². The first kappa shape index (κ1) is 21.7. The van der Waals surface area contributed by atoms with Crippen molar-refractivity contribution in [3.63, 3.8) is 0 Å². The van der Waals surface area contributed by atoms with Crippen LogP contribution < -0.4 is 10.6 Å². The van der Waals surface area contributed by atoms with Crippen molar-refractivity contribution in [2.75, 3.05) is 25.6 Å². The molecule has 3 rings (SSSR count). The third-order valence-electron chi connectivity index (χ3n) is 4.55. The predicted molar refractivity (Wildman–Crippen MR) is 115 cm³/mol. The summed E-state index contributed by atoms with van der Waals surface area (Å²) in [6.07, 6.45) is 3.13. The Labute approximate surface area is 178 Å². The Balaban J connectivity index is 1.88. The fourth-order valence-corrected chi connectivity index (χ4v) is 3.08. The zero-order valence-electron chi connectivity index (χ0n) is 16.9. The van der Waals surface area contributed by atoms with E-state index < -0.39 is 11.7 Å². The molecule has 158 valence electrons. The van der Waals surface area contributed by atoms with Gasteiger partial charge in [-0.3, -0.25) is 9.59 Å². The number of benzene rings is 2. The summed E-state index contributed by atoms with van der Waals surface area (Å²) in [4.78, 5) is 24.7. The van der Waals surface area contributed by atoms with Gasteiger partial charge in [-0.1, -0.05) is 30.3 Å². The molecule has 0 atom stereocenters. The van der Waals surface area contributed by atoms with Gasteiger partial charge >= 0.3 is 0 Å². The molecule has 7 nitrogen and oxygen atoms in total. The minimum atomic E-state index is -0.721. The highest BCUT2D eigenvalue weighted by Gasteiger charge is 2.15. The Morgan fingerprint density at radius 2 is 1.94 bits per heavy atom. The summed E-state index contributed by atoms with van der Waals surface area (Å²) in [6.45, 7) is 0.881. The first-order chi connectivity index (χ1) is 15.0. The number of carbonyl (C=O) groups excluding carboxylic acids is 2. The highest BCUT2D eigenvalue weighted by atomic mass is 19.1. The lowest BCUT2D eigenvalue weighted by Crippen LogP contribution is -2.30. The fraction of sp³-hybridized carbons (Fsp3) is 0.174. The summed E-state index contributed by atoms with van der Waals surface area (Å²) in [5.74, 6) is -1.50. The van der Waals surface area contributed by atoms with Crippen LogP contribution in [0.25, 0.3) is 17.0 Å². The largest absolute Gasteiger partial charge is 0.383 e. The number of para-hydroxylation sites is 2. The van der Waals surface area contributed by atoms with E-state index in [9.17, 15) is 19.2 Å². The summed E-state index contributed by atoms with van der Waals surface area (Å²) in [5, 5.41) is 15.4. The molecule has 1 heterocycles. The Kier molecular flexibility index (Phi) is 7.14. The number of anilines is 1. The van der Waals surface area contributed by atoms with Crippen LogP contribution >= 0.6 is 0 Å². The topological polar surface area (TPSA) is 96.2 Å². The molecule has 0 saturated carbocycles.